The van der Waals surface area contributed by atoms with Crippen LogP contribution in [-0.4, -0.2) is 20.8 Å². The average Bonchev–Trinajstić information content (AvgIpc) is 2.69. The molecule has 0 aliphatic carbocycles. The van der Waals surface area contributed by atoms with Gasteiger partial charge < -0.3 is 0 Å². The Morgan fingerprint density at radius 3 is 2.93 bits per heavy atom. The second-order valence-electron chi connectivity index (χ2n) is 3.66. The summed E-state index contributed by atoms with van der Waals surface area (Å²) in [6, 6.07) is 0. The molecule has 2 rings (SSSR count). The molecule has 0 saturated heterocycles. The van der Waals surface area contributed by atoms with Gasteiger partial charge in [0.25, 0.3) is 0 Å². The van der Waals surface area contributed by atoms with Crippen LogP contribution in [0.1, 0.15) is 19.7 Å². The van der Waals surface area contributed by atoms with E-state index >= 15 is 0 Å². The first-order chi connectivity index (χ1) is 7.05. The van der Waals surface area contributed by atoms with Gasteiger partial charge in [-0.25, -0.2) is 4.98 Å². The van der Waals surface area contributed by atoms with E-state index in [-0.39, 0.29) is 10.9 Å². The zero-order valence-electron chi connectivity index (χ0n) is 8.37. The molecule has 0 spiro atoms. The van der Waals surface area contributed by atoms with Crippen molar-refractivity contribution in [1.82, 2.24) is 20.7 Å². The molecule has 0 radical (unpaired) electrons. The van der Waals surface area contributed by atoms with E-state index in [4.69, 9.17) is 16.4 Å². The smallest absolute Gasteiger partial charge is 0.242 e. The van der Waals surface area contributed by atoms with Crippen LogP contribution in [0.25, 0.3) is 0 Å². The van der Waals surface area contributed by atoms with E-state index in [0.29, 0.717) is 5.75 Å². The second-order valence-corrected chi connectivity index (χ2v) is 5.01. The van der Waals surface area contributed by atoms with Crippen LogP contribution >= 0.6 is 23.4 Å². The molecule has 2 heterocycles. The molecule has 15 heavy (non-hydrogen) atoms. The van der Waals surface area contributed by atoms with E-state index in [1.807, 2.05) is 19.9 Å². The highest BCUT2D eigenvalue weighted by Gasteiger charge is 2.24. The molecule has 0 atom stereocenters. The van der Waals surface area contributed by atoms with Gasteiger partial charge >= 0.3 is 0 Å². The molecule has 0 aromatic carbocycles. The molecule has 7 heteroatoms. The number of rotatable bonds is 3. The summed E-state index contributed by atoms with van der Waals surface area (Å²) in [7, 11) is 0. The van der Waals surface area contributed by atoms with Gasteiger partial charge in [-0.2, -0.15) is 0 Å². The Bertz CT molecular complexity index is 390. The van der Waals surface area contributed by atoms with E-state index in [1.54, 1.807) is 11.8 Å². The van der Waals surface area contributed by atoms with Crippen LogP contribution in [0.5, 0.6) is 0 Å². The molecule has 0 fully saturated rings. The van der Waals surface area contributed by atoms with E-state index in [1.165, 1.54) is 0 Å². The lowest BCUT2D eigenvalue weighted by Gasteiger charge is -2.11. The lowest BCUT2D eigenvalue weighted by atomic mass is 10.1. The summed E-state index contributed by atoms with van der Waals surface area (Å²) in [5.74, 6) is 1.43. The number of hydrogen-bond donors (Lipinski definition) is 2. The number of aromatic amines is 1. The van der Waals surface area contributed by atoms with Crippen molar-refractivity contribution in [3.8, 4) is 0 Å². The summed E-state index contributed by atoms with van der Waals surface area (Å²) in [5.41, 5.74) is 2.60. The molecule has 82 valence electrons. The number of H-pyrrole nitrogens is 1. The van der Waals surface area contributed by atoms with Gasteiger partial charge in [-0.05, 0) is 31.5 Å². The maximum Gasteiger partial charge on any atom is 0.242 e. The molecule has 0 amide bonds. The number of halogens is 1. The molecule has 1 aromatic heterocycles. The van der Waals surface area contributed by atoms with Crippen LogP contribution < -0.4 is 5.48 Å². The first-order valence-electron chi connectivity index (χ1n) is 4.42. The Hall–Kier alpha value is -0.720. The molecular weight excluding hydrogens is 236 g/mol. The first-order valence-corrected chi connectivity index (χ1v) is 5.78. The fraction of sp³-hybridized carbons (Fsp3) is 0.500. The van der Waals surface area contributed by atoms with Gasteiger partial charge in [-0.15, -0.1) is 5.10 Å². The quantitative estimate of drug-likeness (QED) is 0.852. The topological polar surface area (TPSA) is 62.8 Å². The SMILES string of the molecule is CC1(C)C=C(SCc2nc(Cl)n[nH]2)NO1. The van der Waals surface area contributed by atoms with Crippen molar-refractivity contribution in [2.75, 3.05) is 0 Å². The number of hydroxylamine groups is 1. The fourth-order valence-corrected chi connectivity index (χ4v) is 2.14. The molecule has 2 N–H and O–H groups in total. The van der Waals surface area contributed by atoms with Crippen molar-refractivity contribution < 1.29 is 4.84 Å². The molecular formula is C8H11ClN4OS. The second kappa shape index (κ2) is 4.03. The fourth-order valence-electron chi connectivity index (χ4n) is 1.11. The van der Waals surface area contributed by atoms with Crippen LogP contribution in [-0.2, 0) is 10.6 Å². The lowest BCUT2D eigenvalue weighted by Crippen LogP contribution is -2.20. The number of nitrogens with zero attached hydrogens (tertiary/aromatic N) is 2. The summed E-state index contributed by atoms with van der Waals surface area (Å²) < 4.78 is 0. The monoisotopic (exact) mass is 246 g/mol. The van der Waals surface area contributed by atoms with Gasteiger partial charge in [-0.3, -0.25) is 15.4 Å². The van der Waals surface area contributed by atoms with E-state index in [2.05, 4.69) is 20.7 Å². The highest BCUT2D eigenvalue weighted by molar-refractivity contribution is 8.02. The highest BCUT2D eigenvalue weighted by Crippen LogP contribution is 2.27. The minimum atomic E-state index is -0.249. The van der Waals surface area contributed by atoms with Crippen molar-refractivity contribution in [3.63, 3.8) is 0 Å². The molecule has 1 aliphatic rings. The molecule has 1 aliphatic heterocycles. The highest BCUT2D eigenvalue weighted by atomic mass is 35.5. The predicted octanol–water partition coefficient (Wildman–Crippen LogP) is 1.85. The third kappa shape index (κ3) is 2.87. The Morgan fingerprint density at radius 1 is 1.60 bits per heavy atom. The van der Waals surface area contributed by atoms with Crippen molar-refractivity contribution in [3.05, 3.63) is 22.2 Å². The van der Waals surface area contributed by atoms with Gasteiger partial charge in [0.05, 0.1) is 10.8 Å². The first kappa shape index (κ1) is 10.8. The number of nitrogens with one attached hydrogen (secondary N) is 2. The van der Waals surface area contributed by atoms with Crippen LogP contribution in [0, 0.1) is 0 Å². The summed E-state index contributed by atoms with van der Waals surface area (Å²) in [6.45, 7) is 3.97. The Kier molecular flexibility index (Phi) is 2.90. The van der Waals surface area contributed by atoms with Crippen molar-refractivity contribution in [1.29, 1.82) is 0 Å². The third-order valence-corrected chi connectivity index (χ3v) is 2.86. The summed E-state index contributed by atoms with van der Waals surface area (Å²) in [4.78, 5) is 9.30. The van der Waals surface area contributed by atoms with Crippen molar-refractivity contribution >= 4 is 23.4 Å². The third-order valence-electron chi connectivity index (χ3n) is 1.76. The van der Waals surface area contributed by atoms with E-state index in [0.717, 1.165) is 10.9 Å². The average molecular weight is 247 g/mol. The number of aromatic nitrogens is 3. The zero-order chi connectivity index (χ0) is 10.9. The number of thioether (sulfide) groups is 1. The normalized spacial score (nSPS) is 18.7. The van der Waals surface area contributed by atoms with E-state index in [9.17, 15) is 0 Å². The van der Waals surface area contributed by atoms with Crippen molar-refractivity contribution in [2.24, 2.45) is 0 Å². The predicted molar refractivity (Wildman–Crippen MR) is 59.1 cm³/mol. The van der Waals surface area contributed by atoms with Gasteiger partial charge in [0, 0.05) is 0 Å². The Balaban J connectivity index is 1.89. The Labute approximate surface area is 96.6 Å². The van der Waals surface area contributed by atoms with Gasteiger partial charge in [0.1, 0.15) is 11.4 Å². The van der Waals surface area contributed by atoms with Crippen LogP contribution in [0.4, 0.5) is 0 Å². The minimum Gasteiger partial charge on any atom is -0.265 e. The largest absolute Gasteiger partial charge is 0.265 e. The van der Waals surface area contributed by atoms with Crippen LogP contribution in [0.3, 0.4) is 0 Å². The van der Waals surface area contributed by atoms with Gasteiger partial charge in [0.15, 0.2) is 0 Å². The molecule has 0 bridgehead atoms. The van der Waals surface area contributed by atoms with Gasteiger partial charge in [-0.1, -0.05) is 11.8 Å². The molecule has 5 nitrogen and oxygen atoms in total. The maximum absolute atomic E-state index is 5.58. The maximum atomic E-state index is 5.58. The minimum absolute atomic E-state index is 0.246. The van der Waals surface area contributed by atoms with Crippen LogP contribution in [0.2, 0.25) is 5.28 Å². The standard InChI is InChI=1S/C8H11ClN4OS/c1-8(2)3-6(13-14-8)15-4-5-10-7(9)12-11-5/h3,13H,4H2,1-2H3,(H,10,11,12). The Morgan fingerprint density at radius 2 is 2.40 bits per heavy atom. The van der Waals surface area contributed by atoms with Crippen molar-refractivity contribution in [2.45, 2.75) is 25.2 Å². The lowest BCUT2D eigenvalue weighted by molar-refractivity contribution is -0.0126. The molecule has 0 saturated carbocycles. The summed E-state index contributed by atoms with van der Waals surface area (Å²) >= 11 is 7.17. The molecule has 1 aromatic rings. The molecule has 0 unspecified atom stereocenters. The summed E-state index contributed by atoms with van der Waals surface area (Å²) in [5, 5.41) is 7.70. The van der Waals surface area contributed by atoms with Gasteiger partial charge in [0.2, 0.25) is 5.28 Å². The number of hydrogen-bond acceptors (Lipinski definition) is 5. The zero-order valence-corrected chi connectivity index (χ0v) is 9.95. The van der Waals surface area contributed by atoms with E-state index < -0.39 is 0 Å². The summed E-state index contributed by atoms with van der Waals surface area (Å²) in [6.07, 6.45) is 2.02. The van der Waals surface area contributed by atoms with Crippen LogP contribution in [0.15, 0.2) is 11.1 Å².